The molecule has 0 N–H and O–H groups in total. The van der Waals surface area contributed by atoms with Crippen LogP contribution >= 0.6 is 0 Å². The van der Waals surface area contributed by atoms with Crippen molar-refractivity contribution in [3.05, 3.63) is 59.9 Å². The Morgan fingerprint density at radius 3 is 2.68 bits per heavy atom. The Hall–Kier alpha value is -2.88. The van der Waals surface area contributed by atoms with E-state index in [-0.39, 0.29) is 0 Å². The molecule has 2 aromatic carbocycles. The number of fused-ring (bicyclic) bond motifs is 3. The Morgan fingerprint density at radius 2 is 1.82 bits per heavy atom. The molecule has 0 aliphatic rings. The van der Waals surface area contributed by atoms with Gasteiger partial charge in [-0.3, -0.25) is 0 Å². The minimum absolute atomic E-state index is 0.448. The molecular formula is C18H14N2O2. The molecule has 0 aliphatic carbocycles. The molecule has 0 spiro atoms. The van der Waals surface area contributed by atoms with Crippen LogP contribution in [0.3, 0.4) is 0 Å². The van der Waals surface area contributed by atoms with Crippen molar-refractivity contribution in [3.63, 3.8) is 0 Å². The third-order valence-corrected chi connectivity index (χ3v) is 3.50. The molecule has 0 fully saturated rings. The predicted molar refractivity (Wildman–Crippen MR) is 85.3 cm³/mol. The van der Waals surface area contributed by atoms with Crippen molar-refractivity contribution >= 4 is 22.1 Å². The van der Waals surface area contributed by atoms with Gasteiger partial charge in [0.25, 0.3) is 5.88 Å². The number of rotatable bonds is 2. The lowest BCUT2D eigenvalue weighted by Crippen LogP contribution is -1.94. The van der Waals surface area contributed by atoms with E-state index in [9.17, 15) is 0 Å². The fraction of sp³-hybridized carbons (Fsp3) is 0.111. The molecule has 0 atom stereocenters. The molecule has 0 saturated carbocycles. The van der Waals surface area contributed by atoms with E-state index < -0.39 is 0 Å². The van der Waals surface area contributed by atoms with Crippen molar-refractivity contribution in [2.75, 3.05) is 0 Å². The van der Waals surface area contributed by atoms with E-state index >= 15 is 0 Å². The van der Waals surface area contributed by atoms with E-state index in [2.05, 4.69) is 9.97 Å². The lowest BCUT2D eigenvalue weighted by molar-refractivity contribution is 0.454. The number of hydrogen-bond donors (Lipinski definition) is 0. The molecule has 0 bridgehead atoms. The highest BCUT2D eigenvalue weighted by Gasteiger charge is 2.16. The molecule has 4 heteroatoms. The largest absolute Gasteiger partial charge is 0.449 e. The normalized spacial score (nSPS) is 11.2. The quantitative estimate of drug-likeness (QED) is 0.533. The van der Waals surface area contributed by atoms with Gasteiger partial charge in [0, 0.05) is 5.39 Å². The zero-order chi connectivity index (χ0) is 15.1. The van der Waals surface area contributed by atoms with Gasteiger partial charge < -0.3 is 9.15 Å². The van der Waals surface area contributed by atoms with Gasteiger partial charge in [-0.15, -0.1) is 0 Å². The van der Waals surface area contributed by atoms with Gasteiger partial charge in [-0.1, -0.05) is 24.3 Å². The second kappa shape index (κ2) is 4.84. The van der Waals surface area contributed by atoms with Crippen molar-refractivity contribution in [1.82, 2.24) is 9.97 Å². The van der Waals surface area contributed by atoms with Gasteiger partial charge in [-0.2, -0.15) is 4.98 Å². The molecule has 2 aromatic heterocycles. The summed E-state index contributed by atoms with van der Waals surface area (Å²) in [7, 11) is 0. The van der Waals surface area contributed by atoms with Crippen LogP contribution in [-0.4, -0.2) is 9.97 Å². The first-order chi connectivity index (χ1) is 10.7. The summed E-state index contributed by atoms with van der Waals surface area (Å²) >= 11 is 0. The molecule has 108 valence electrons. The Labute approximate surface area is 127 Å². The third kappa shape index (κ3) is 2.09. The predicted octanol–water partition coefficient (Wildman–Crippen LogP) is 4.79. The molecule has 0 saturated heterocycles. The van der Waals surface area contributed by atoms with Crippen molar-refractivity contribution in [3.8, 4) is 11.6 Å². The van der Waals surface area contributed by atoms with E-state index in [1.54, 1.807) is 0 Å². The zero-order valence-corrected chi connectivity index (χ0v) is 12.3. The van der Waals surface area contributed by atoms with Crippen molar-refractivity contribution in [2.24, 2.45) is 0 Å². The second-order valence-electron chi connectivity index (χ2n) is 5.27. The molecule has 0 aliphatic heterocycles. The summed E-state index contributed by atoms with van der Waals surface area (Å²) in [6.07, 6.45) is 0. The molecule has 22 heavy (non-hydrogen) atoms. The molecule has 4 nitrogen and oxygen atoms in total. The number of aryl methyl sites for hydroxylation is 2. The van der Waals surface area contributed by atoms with Crippen molar-refractivity contribution < 1.29 is 9.15 Å². The Balaban J connectivity index is 1.93. The first-order valence-corrected chi connectivity index (χ1v) is 7.11. The van der Waals surface area contributed by atoms with Crippen LogP contribution in [0.1, 0.15) is 11.4 Å². The van der Waals surface area contributed by atoms with E-state index in [0.717, 1.165) is 27.8 Å². The fourth-order valence-electron chi connectivity index (χ4n) is 2.53. The first-order valence-electron chi connectivity index (χ1n) is 7.11. The Kier molecular flexibility index (Phi) is 2.82. The van der Waals surface area contributed by atoms with Gasteiger partial charge in [0.1, 0.15) is 22.7 Å². The molecule has 0 amide bonds. The number of nitrogens with zero attached hydrogens (tertiary/aromatic N) is 2. The lowest BCUT2D eigenvalue weighted by atomic mass is 10.2. The monoisotopic (exact) mass is 290 g/mol. The van der Waals surface area contributed by atoms with Crippen molar-refractivity contribution in [2.45, 2.75) is 13.8 Å². The van der Waals surface area contributed by atoms with Gasteiger partial charge in [-0.05, 0) is 43.7 Å². The van der Waals surface area contributed by atoms with Gasteiger partial charge in [-0.25, -0.2) is 4.98 Å². The van der Waals surface area contributed by atoms with Crippen LogP contribution in [0.2, 0.25) is 0 Å². The van der Waals surface area contributed by atoms with Crippen LogP contribution in [-0.2, 0) is 0 Å². The first kappa shape index (κ1) is 12.8. The number of hydrogen-bond acceptors (Lipinski definition) is 4. The average Bonchev–Trinajstić information content (AvgIpc) is 2.86. The lowest BCUT2D eigenvalue weighted by Gasteiger charge is -2.06. The van der Waals surface area contributed by atoms with E-state index in [4.69, 9.17) is 9.15 Å². The summed E-state index contributed by atoms with van der Waals surface area (Å²) in [6, 6.07) is 15.7. The van der Waals surface area contributed by atoms with Crippen LogP contribution in [0.15, 0.2) is 52.9 Å². The molecule has 4 rings (SSSR count). The maximum Gasteiger partial charge on any atom is 0.267 e. The van der Waals surface area contributed by atoms with Crippen LogP contribution in [0.25, 0.3) is 22.1 Å². The Bertz CT molecular complexity index is 989. The van der Waals surface area contributed by atoms with Crippen LogP contribution in [0.4, 0.5) is 0 Å². The number of aromatic nitrogens is 2. The maximum absolute atomic E-state index is 5.94. The fourth-order valence-corrected chi connectivity index (χ4v) is 2.53. The Morgan fingerprint density at radius 1 is 0.955 bits per heavy atom. The minimum Gasteiger partial charge on any atom is -0.449 e. The highest BCUT2D eigenvalue weighted by atomic mass is 16.5. The summed E-state index contributed by atoms with van der Waals surface area (Å²) in [5, 5.41) is 0.970. The smallest absolute Gasteiger partial charge is 0.267 e. The average molecular weight is 290 g/mol. The number of furan rings is 1. The van der Waals surface area contributed by atoms with Gasteiger partial charge in [0.05, 0.1) is 0 Å². The van der Waals surface area contributed by atoms with Crippen molar-refractivity contribution in [1.29, 1.82) is 0 Å². The highest BCUT2D eigenvalue weighted by Crippen LogP contribution is 2.34. The number of benzene rings is 2. The van der Waals surface area contributed by atoms with E-state index in [0.29, 0.717) is 17.3 Å². The van der Waals surface area contributed by atoms with Crippen LogP contribution < -0.4 is 4.74 Å². The summed E-state index contributed by atoms with van der Waals surface area (Å²) in [5.41, 5.74) is 3.27. The van der Waals surface area contributed by atoms with E-state index in [1.807, 2.05) is 62.4 Å². The maximum atomic E-state index is 5.94. The highest BCUT2D eigenvalue weighted by molar-refractivity contribution is 6.03. The van der Waals surface area contributed by atoms with E-state index in [1.165, 1.54) is 0 Å². The molecule has 4 aromatic rings. The molecule has 0 unspecified atom stereocenters. The van der Waals surface area contributed by atoms with Gasteiger partial charge >= 0.3 is 0 Å². The van der Waals surface area contributed by atoms with Crippen LogP contribution in [0, 0.1) is 13.8 Å². The van der Waals surface area contributed by atoms with Gasteiger partial charge in [0.15, 0.2) is 0 Å². The molecule has 0 radical (unpaired) electrons. The number of para-hydroxylation sites is 1. The summed E-state index contributed by atoms with van der Waals surface area (Å²) in [5.74, 6) is 1.84. The minimum atomic E-state index is 0.448. The summed E-state index contributed by atoms with van der Waals surface area (Å²) < 4.78 is 11.8. The SMILES string of the molecule is Cc1cccc(Oc2nc(C)nc3c2oc2ccccc23)c1. The second-order valence-corrected chi connectivity index (χ2v) is 5.27. The topological polar surface area (TPSA) is 48.2 Å². The molecule has 2 heterocycles. The number of ether oxygens (including phenoxy) is 1. The summed E-state index contributed by atoms with van der Waals surface area (Å²) in [6.45, 7) is 3.87. The van der Waals surface area contributed by atoms with Crippen LogP contribution in [0.5, 0.6) is 11.6 Å². The molecular weight excluding hydrogens is 276 g/mol. The zero-order valence-electron chi connectivity index (χ0n) is 12.3. The van der Waals surface area contributed by atoms with Gasteiger partial charge in [0.2, 0.25) is 5.58 Å². The third-order valence-electron chi connectivity index (χ3n) is 3.50. The summed E-state index contributed by atoms with van der Waals surface area (Å²) in [4.78, 5) is 8.89. The standard InChI is InChI=1S/C18H14N2O2/c1-11-6-5-7-13(10-11)21-18-17-16(19-12(2)20-18)14-8-3-4-9-15(14)22-17/h3-10H,1-2H3.